The minimum Gasteiger partial charge on any atom is -0.491 e. The zero-order chi connectivity index (χ0) is 20.8. The average Bonchev–Trinajstić information content (AvgIpc) is 3.56. The van der Waals surface area contributed by atoms with Crippen LogP contribution in [-0.2, 0) is 24.2 Å². The number of imidazole rings is 1. The Bertz CT molecular complexity index is 1020. The molecule has 0 saturated heterocycles. The van der Waals surface area contributed by atoms with E-state index in [1.807, 2.05) is 42.5 Å². The predicted molar refractivity (Wildman–Crippen MR) is 120 cm³/mol. The zero-order valence-corrected chi connectivity index (χ0v) is 17.3. The number of carbonyl (C=O) groups is 1. The molecule has 1 aliphatic rings. The second-order valence-electron chi connectivity index (χ2n) is 7.79. The minimum atomic E-state index is 0.204. The Morgan fingerprint density at radius 1 is 1.20 bits per heavy atom. The molecule has 0 atom stereocenters. The fourth-order valence-electron chi connectivity index (χ4n) is 3.73. The lowest BCUT2D eigenvalue weighted by Gasteiger charge is -2.13. The van der Waals surface area contributed by atoms with Crippen molar-refractivity contribution in [1.29, 1.82) is 0 Å². The van der Waals surface area contributed by atoms with Crippen LogP contribution < -0.4 is 10.1 Å². The van der Waals surface area contributed by atoms with Crippen molar-refractivity contribution in [3.05, 3.63) is 72.6 Å². The number of nitrogens with zero attached hydrogens (tertiary/aromatic N) is 2. The van der Waals surface area contributed by atoms with Crippen molar-refractivity contribution in [3.8, 4) is 5.75 Å². The first-order chi connectivity index (χ1) is 14.8. The van der Waals surface area contributed by atoms with Crippen LogP contribution in [-0.4, -0.2) is 28.6 Å². The summed E-state index contributed by atoms with van der Waals surface area (Å²) in [5.41, 5.74) is 3.27. The molecular formula is C25H29N3O2. The van der Waals surface area contributed by atoms with Crippen molar-refractivity contribution in [2.75, 3.05) is 13.2 Å². The first-order valence-corrected chi connectivity index (χ1v) is 10.8. The first-order valence-electron chi connectivity index (χ1n) is 10.8. The van der Waals surface area contributed by atoms with Gasteiger partial charge in [0.15, 0.2) is 0 Å². The van der Waals surface area contributed by atoms with Crippen LogP contribution in [0.25, 0.3) is 11.0 Å². The maximum absolute atomic E-state index is 11.8. The Morgan fingerprint density at radius 2 is 2.00 bits per heavy atom. The van der Waals surface area contributed by atoms with Gasteiger partial charge in [-0.2, -0.15) is 0 Å². The van der Waals surface area contributed by atoms with Crippen LogP contribution in [0.15, 0.2) is 61.2 Å². The number of ether oxygens (including phenoxy) is 1. The topological polar surface area (TPSA) is 56.1 Å². The van der Waals surface area contributed by atoms with E-state index in [1.165, 1.54) is 0 Å². The van der Waals surface area contributed by atoms with E-state index in [1.54, 1.807) is 0 Å². The second kappa shape index (κ2) is 9.61. The molecule has 0 unspecified atom stereocenters. The van der Waals surface area contributed by atoms with E-state index in [-0.39, 0.29) is 11.8 Å². The van der Waals surface area contributed by atoms with Gasteiger partial charge in [0.05, 0.1) is 17.6 Å². The number of fused-ring (bicyclic) bond motifs is 1. The van der Waals surface area contributed by atoms with E-state index in [4.69, 9.17) is 9.72 Å². The van der Waals surface area contributed by atoms with Crippen LogP contribution in [0.4, 0.5) is 0 Å². The molecule has 1 N–H and O–H groups in total. The van der Waals surface area contributed by atoms with Crippen LogP contribution in [0.1, 0.15) is 30.7 Å². The summed E-state index contributed by atoms with van der Waals surface area (Å²) in [7, 11) is 0. The molecule has 1 fully saturated rings. The van der Waals surface area contributed by atoms with Gasteiger partial charge in [-0.3, -0.25) is 4.79 Å². The number of para-hydroxylation sites is 3. The number of hydrogen-bond donors (Lipinski definition) is 1. The highest BCUT2D eigenvalue weighted by Crippen LogP contribution is 2.28. The molecule has 1 aromatic heterocycles. The molecule has 0 aliphatic heterocycles. The second-order valence-corrected chi connectivity index (χ2v) is 7.79. The van der Waals surface area contributed by atoms with Crippen LogP contribution in [0.2, 0.25) is 0 Å². The molecule has 1 aliphatic carbocycles. The van der Waals surface area contributed by atoms with E-state index in [9.17, 15) is 4.79 Å². The maximum Gasteiger partial charge on any atom is 0.223 e. The summed E-state index contributed by atoms with van der Waals surface area (Å²) in [4.78, 5) is 16.7. The van der Waals surface area contributed by atoms with Gasteiger partial charge in [0.25, 0.3) is 0 Å². The van der Waals surface area contributed by atoms with Gasteiger partial charge in [0.2, 0.25) is 5.91 Å². The van der Waals surface area contributed by atoms with Crippen LogP contribution in [0, 0.1) is 5.92 Å². The molecule has 5 heteroatoms. The third kappa shape index (κ3) is 4.90. The summed E-state index contributed by atoms with van der Waals surface area (Å²) in [6.45, 7) is 5.83. The summed E-state index contributed by atoms with van der Waals surface area (Å²) < 4.78 is 8.35. The van der Waals surface area contributed by atoms with Crippen LogP contribution in [0.5, 0.6) is 5.75 Å². The van der Waals surface area contributed by atoms with Gasteiger partial charge < -0.3 is 14.6 Å². The number of benzene rings is 2. The molecule has 2 aromatic carbocycles. The molecule has 0 radical (unpaired) electrons. The van der Waals surface area contributed by atoms with Crippen molar-refractivity contribution >= 4 is 16.9 Å². The van der Waals surface area contributed by atoms with E-state index in [2.05, 4.69) is 28.6 Å². The average molecular weight is 404 g/mol. The number of aryl methyl sites for hydroxylation is 1. The molecule has 1 heterocycles. The number of amides is 1. The largest absolute Gasteiger partial charge is 0.491 e. The van der Waals surface area contributed by atoms with Gasteiger partial charge in [-0.05, 0) is 49.4 Å². The molecule has 1 amide bonds. The third-order valence-electron chi connectivity index (χ3n) is 5.47. The van der Waals surface area contributed by atoms with E-state index >= 15 is 0 Å². The summed E-state index contributed by atoms with van der Waals surface area (Å²) in [5.74, 6) is 2.41. The maximum atomic E-state index is 11.8. The molecule has 5 nitrogen and oxygen atoms in total. The molecule has 1 saturated carbocycles. The smallest absolute Gasteiger partial charge is 0.223 e. The van der Waals surface area contributed by atoms with Gasteiger partial charge in [-0.15, -0.1) is 6.58 Å². The van der Waals surface area contributed by atoms with Crippen LogP contribution >= 0.6 is 0 Å². The number of allylic oxidation sites excluding steroid dienone is 1. The Labute approximate surface area is 177 Å². The Morgan fingerprint density at radius 3 is 2.83 bits per heavy atom. The number of aromatic nitrogens is 2. The van der Waals surface area contributed by atoms with Gasteiger partial charge in [0.1, 0.15) is 18.2 Å². The Balaban J connectivity index is 1.40. The van der Waals surface area contributed by atoms with Gasteiger partial charge >= 0.3 is 0 Å². The van der Waals surface area contributed by atoms with Crippen molar-refractivity contribution in [1.82, 2.24) is 14.9 Å². The zero-order valence-electron chi connectivity index (χ0n) is 17.3. The molecule has 0 spiro atoms. The van der Waals surface area contributed by atoms with Crippen molar-refractivity contribution in [3.63, 3.8) is 0 Å². The lowest BCUT2D eigenvalue weighted by molar-refractivity contribution is -0.122. The SMILES string of the molecule is C=CCc1ccccc1OCCn1c(CCCNC(=O)C2CC2)nc2ccccc21. The molecule has 3 aromatic rings. The number of hydrogen-bond acceptors (Lipinski definition) is 3. The first kappa shape index (κ1) is 20.2. The van der Waals surface area contributed by atoms with Crippen molar-refractivity contribution in [2.24, 2.45) is 5.92 Å². The number of nitrogens with one attached hydrogen (secondary N) is 1. The molecule has 0 bridgehead atoms. The highest BCUT2D eigenvalue weighted by molar-refractivity contribution is 5.80. The van der Waals surface area contributed by atoms with E-state index in [0.717, 1.165) is 66.8 Å². The summed E-state index contributed by atoms with van der Waals surface area (Å²) in [6.07, 6.45) is 6.47. The molecule has 156 valence electrons. The minimum absolute atomic E-state index is 0.204. The lowest BCUT2D eigenvalue weighted by atomic mass is 10.1. The summed E-state index contributed by atoms with van der Waals surface area (Å²) in [5, 5.41) is 3.04. The lowest BCUT2D eigenvalue weighted by Crippen LogP contribution is -2.26. The van der Waals surface area contributed by atoms with Crippen LogP contribution in [0.3, 0.4) is 0 Å². The quantitative estimate of drug-likeness (QED) is 0.384. The Hall–Kier alpha value is -3.08. The van der Waals surface area contributed by atoms with Gasteiger partial charge in [0, 0.05) is 18.9 Å². The van der Waals surface area contributed by atoms with Crippen molar-refractivity contribution < 1.29 is 9.53 Å². The fourth-order valence-corrected chi connectivity index (χ4v) is 3.73. The summed E-state index contributed by atoms with van der Waals surface area (Å²) >= 11 is 0. The highest BCUT2D eigenvalue weighted by atomic mass is 16.5. The molecule has 4 rings (SSSR count). The number of carbonyl (C=O) groups excluding carboxylic acids is 1. The summed E-state index contributed by atoms with van der Waals surface area (Å²) in [6, 6.07) is 16.3. The normalized spacial score (nSPS) is 13.3. The van der Waals surface area contributed by atoms with Gasteiger partial charge in [-0.25, -0.2) is 4.98 Å². The highest BCUT2D eigenvalue weighted by Gasteiger charge is 2.29. The molecular weight excluding hydrogens is 374 g/mol. The van der Waals surface area contributed by atoms with Gasteiger partial charge in [-0.1, -0.05) is 36.4 Å². The molecule has 30 heavy (non-hydrogen) atoms. The van der Waals surface area contributed by atoms with E-state index < -0.39 is 0 Å². The predicted octanol–water partition coefficient (Wildman–Crippen LogP) is 4.30. The number of rotatable bonds is 11. The monoisotopic (exact) mass is 403 g/mol. The standard InChI is InChI=1S/C25H29N3O2/c1-2-8-19-9-3-6-12-23(19)30-18-17-28-22-11-5-4-10-21(22)27-24(28)13-7-16-26-25(29)20-14-15-20/h2-6,9-12,20H,1,7-8,13-18H2,(H,26,29). The van der Waals surface area contributed by atoms with E-state index in [0.29, 0.717) is 13.2 Å². The Kier molecular flexibility index (Phi) is 6.47. The fraction of sp³-hybridized carbons (Fsp3) is 0.360. The van der Waals surface area contributed by atoms with Crippen molar-refractivity contribution in [2.45, 2.75) is 38.6 Å². The third-order valence-corrected chi connectivity index (χ3v) is 5.47.